The second kappa shape index (κ2) is 8.86. The highest BCUT2D eigenvalue weighted by Gasteiger charge is 2.08. The first kappa shape index (κ1) is 18.5. The van der Waals surface area contributed by atoms with Gasteiger partial charge in [0.2, 0.25) is 5.90 Å². The Kier molecular flexibility index (Phi) is 6.06. The zero-order valence-corrected chi connectivity index (χ0v) is 15.8. The summed E-state index contributed by atoms with van der Waals surface area (Å²) < 4.78 is 11.9. The summed E-state index contributed by atoms with van der Waals surface area (Å²) >= 11 is 0. The Bertz CT molecular complexity index is 959. The average Bonchev–Trinajstić information content (AvgIpc) is 2.66. The van der Waals surface area contributed by atoms with Crippen LogP contribution in [-0.4, -0.2) is 5.90 Å². The van der Waals surface area contributed by atoms with E-state index in [1.165, 1.54) is 0 Å². The van der Waals surface area contributed by atoms with E-state index in [1.807, 2.05) is 99.6 Å². The van der Waals surface area contributed by atoms with Crippen molar-refractivity contribution in [3.05, 3.63) is 102 Å². The van der Waals surface area contributed by atoms with Crippen LogP contribution < -0.4 is 9.47 Å². The second-order valence-corrected chi connectivity index (χ2v) is 6.41. The molecule has 3 rings (SSSR count). The first-order valence-electron chi connectivity index (χ1n) is 8.89. The number of rotatable bonds is 5. The maximum Gasteiger partial charge on any atom is 0.225 e. The normalized spacial score (nSPS) is 12.0. The molecule has 136 valence electrons. The summed E-state index contributed by atoms with van der Waals surface area (Å²) in [7, 11) is 0. The molecule has 3 heteroatoms. The highest BCUT2D eigenvalue weighted by molar-refractivity contribution is 5.96. The lowest BCUT2D eigenvalue weighted by Crippen LogP contribution is -2.11. The molecule has 0 saturated heterocycles. The highest BCUT2D eigenvalue weighted by atomic mass is 16.5. The Hall–Kier alpha value is -3.33. The zero-order chi connectivity index (χ0) is 19.1. The number of nitrogens with zero attached hydrogens (tertiary/aromatic N) is 1. The summed E-state index contributed by atoms with van der Waals surface area (Å²) in [5.74, 6) is 2.02. The van der Waals surface area contributed by atoms with Crippen molar-refractivity contribution in [2.45, 2.75) is 20.8 Å². The van der Waals surface area contributed by atoms with Crippen LogP contribution in [-0.2, 0) is 0 Å². The van der Waals surface area contributed by atoms with E-state index in [4.69, 9.17) is 9.47 Å². The molecule has 0 aliphatic carbocycles. The van der Waals surface area contributed by atoms with E-state index in [1.54, 1.807) is 6.26 Å². The molecule has 0 aliphatic heterocycles. The fourth-order valence-corrected chi connectivity index (χ4v) is 2.50. The van der Waals surface area contributed by atoms with Crippen molar-refractivity contribution in [3.8, 4) is 11.5 Å². The Balaban J connectivity index is 1.88. The Morgan fingerprint density at radius 3 is 2.07 bits per heavy atom. The van der Waals surface area contributed by atoms with Gasteiger partial charge in [-0.15, -0.1) is 0 Å². The van der Waals surface area contributed by atoms with Gasteiger partial charge in [-0.3, -0.25) is 0 Å². The van der Waals surface area contributed by atoms with Crippen LogP contribution in [0.5, 0.6) is 11.5 Å². The van der Waals surface area contributed by atoms with Crippen molar-refractivity contribution < 1.29 is 9.47 Å². The van der Waals surface area contributed by atoms with E-state index < -0.39 is 0 Å². The molecule has 0 aromatic heterocycles. The largest absolute Gasteiger partial charge is 0.465 e. The van der Waals surface area contributed by atoms with Crippen LogP contribution in [0.2, 0.25) is 0 Å². The summed E-state index contributed by atoms with van der Waals surface area (Å²) in [4.78, 5) is 4.66. The van der Waals surface area contributed by atoms with E-state index in [0.29, 0.717) is 5.90 Å². The Labute approximate surface area is 160 Å². The van der Waals surface area contributed by atoms with Gasteiger partial charge < -0.3 is 9.47 Å². The summed E-state index contributed by atoms with van der Waals surface area (Å²) in [6.45, 7) is 5.99. The smallest absolute Gasteiger partial charge is 0.225 e. The molecule has 3 nitrogen and oxygen atoms in total. The summed E-state index contributed by atoms with van der Waals surface area (Å²) in [5.41, 5.74) is 3.89. The molecular weight excluding hydrogens is 334 g/mol. The van der Waals surface area contributed by atoms with Crippen molar-refractivity contribution in [2.75, 3.05) is 0 Å². The Morgan fingerprint density at radius 2 is 1.41 bits per heavy atom. The summed E-state index contributed by atoms with van der Waals surface area (Å²) in [5, 5.41) is 0. The van der Waals surface area contributed by atoms with Gasteiger partial charge in [0.1, 0.15) is 11.5 Å². The molecule has 0 fully saturated rings. The monoisotopic (exact) mass is 357 g/mol. The molecular formula is C24H23NO2. The maximum absolute atomic E-state index is 6.07. The van der Waals surface area contributed by atoms with E-state index in [2.05, 4.69) is 4.99 Å². The molecule has 0 saturated carbocycles. The first-order chi connectivity index (χ1) is 13.1. The molecule has 0 aliphatic rings. The molecule has 0 amide bonds. The van der Waals surface area contributed by atoms with Crippen LogP contribution in [0.4, 0.5) is 5.69 Å². The topological polar surface area (TPSA) is 30.8 Å². The minimum atomic E-state index is 0.499. The summed E-state index contributed by atoms with van der Waals surface area (Å²) in [6.07, 6.45) is 1.67. The zero-order valence-electron chi connectivity index (χ0n) is 15.8. The van der Waals surface area contributed by atoms with Crippen LogP contribution in [0.25, 0.3) is 0 Å². The molecule has 3 aromatic carbocycles. The van der Waals surface area contributed by atoms with Crippen LogP contribution in [0.3, 0.4) is 0 Å². The SMILES string of the molecule is CC(=COc1cccc(C)c1)C(=Nc1ccccc1)Oc1cccc(C)c1. The third kappa shape index (κ3) is 5.58. The second-order valence-electron chi connectivity index (χ2n) is 6.41. The Morgan fingerprint density at radius 1 is 0.778 bits per heavy atom. The van der Waals surface area contributed by atoms with Crippen molar-refractivity contribution in [1.29, 1.82) is 0 Å². The van der Waals surface area contributed by atoms with Crippen LogP contribution in [0, 0.1) is 13.8 Å². The van der Waals surface area contributed by atoms with Crippen molar-refractivity contribution in [3.63, 3.8) is 0 Å². The van der Waals surface area contributed by atoms with Gasteiger partial charge in [0.15, 0.2) is 0 Å². The van der Waals surface area contributed by atoms with Crippen LogP contribution >= 0.6 is 0 Å². The number of benzene rings is 3. The van der Waals surface area contributed by atoms with Gasteiger partial charge in [-0.1, -0.05) is 42.5 Å². The lowest BCUT2D eigenvalue weighted by molar-refractivity contribution is 0.473. The number of ether oxygens (including phenoxy) is 2. The quantitative estimate of drug-likeness (QED) is 0.301. The van der Waals surface area contributed by atoms with Gasteiger partial charge in [-0.2, -0.15) is 0 Å². The number of hydrogen-bond acceptors (Lipinski definition) is 3. The van der Waals surface area contributed by atoms with Crippen molar-refractivity contribution in [1.82, 2.24) is 0 Å². The minimum absolute atomic E-state index is 0.499. The summed E-state index contributed by atoms with van der Waals surface area (Å²) in [6, 6.07) is 25.5. The van der Waals surface area contributed by atoms with E-state index >= 15 is 0 Å². The fraction of sp³-hybridized carbons (Fsp3) is 0.125. The van der Waals surface area contributed by atoms with E-state index in [-0.39, 0.29) is 0 Å². The maximum atomic E-state index is 6.07. The highest BCUT2D eigenvalue weighted by Crippen LogP contribution is 2.19. The van der Waals surface area contributed by atoms with Gasteiger partial charge >= 0.3 is 0 Å². The predicted molar refractivity (Wildman–Crippen MR) is 111 cm³/mol. The molecule has 0 atom stereocenters. The minimum Gasteiger partial charge on any atom is -0.465 e. The molecule has 0 heterocycles. The lowest BCUT2D eigenvalue weighted by Gasteiger charge is -2.11. The van der Waals surface area contributed by atoms with Crippen molar-refractivity contribution in [2.24, 2.45) is 4.99 Å². The molecule has 0 spiro atoms. The van der Waals surface area contributed by atoms with Gasteiger partial charge in [0.05, 0.1) is 11.9 Å². The number of aliphatic imine (C=N–C) groups is 1. The molecule has 0 N–H and O–H groups in total. The number of para-hydroxylation sites is 1. The van der Waals surface area contributed by atoms with Crippen molar-refractivity contribution >= 4 is 11.6 Å². The van der Waals surface area contributed by atoms with Crippen LogP contribution in [0.1, 0.15) is 18.1 Å². The molecule has 0 radical (unpaired) electrons. The van der Waals surface area contributed by atoms with Gasteiger partial charge in [0, 0.05) is 5.57 Å². The third-order valence-electron chi connectivity index (χ3n) is 3.89. The lowest BCUT2D eigenvalue weighted by atomic mass is 10.2. The molecule has 3 aromatic rings. The fourth-order valence-electron chi connectivity index (χ4n) is 2.50. The first-order valence-corrected chi connectivity index (χ1v) is 8.89. The molecule has 0 bridgehead atoms. The standard InChI is InChI=1S/C24H23NO2/c1-18-9-7-13-22(15-18)26-17-20(3)24(25-21-11-5-4-6-12-21)27-23-14-8-10-19(2)16-23/h4-17H,1-3H3. The van der Waals surface area contributed by atoms with Gasteiger partial charge in [0.25, 0.3) is 0 Å². The average molecular weight is 357 g/mol. The third-order valence-corrected chi connectivity index (χ3v) is 3.89. The van der Waals surface area contributed by atoms with E-state index in [9.17, 15) is 0 Å². The van der Waals surface area contributed by atoms with Gasteiger partial charge in [-0.05, 0) is 68.3 Å². The molecule has 0 unspecified atom stereocenters. The molecule has 27 heavy (non-hydrogen) atoms. The number of aryl methyl sites for hydroxylation is 2. The van der Waals surface area contributed by atoms with Crippen LogP contribution in [0.15, 0.2) is 95.7 Å². The van der Waals surface area contributed by atoms with Gasteiger partial charge in [-0.25, -0.2) is 4.99 Å². The predicted octanol–water partition coefficient (Wildman–Crippen LogP) is 6.40. The van der Waals surface area contributed by atoms with E-state index in [0.717, 1.165) is 33.9 Å². The number of hydrogen-bond donors (Lipinski definition) is 0.